The molecule has 0 bridgehead atoms. The van der Waals surface area contributed by atoms with Crippen molar-refractivity contribution in [3.63, 3.8) is 0 Å². The van der Waals surface area contributed by atoms with E-state index in [2.05, 4.69) is 31.9 Å². The van der Waals surface area contributed by atoms with Crippen LogP contribution in [0.2, 0.25) is 0 Å². The van der Waals surface area contributed by atoms with Crippen LogP contribution in [0.1, 0.15) is 6.42 Å². The van der Waals surface area contributed by atoms with E-state index in [9.17, 15) is 8.42 Å². The molecule has 3 heterocycles. The van der Waals surface area contributed by atoms with Crippen molar-refractivity contribution in [3.8, 4) is 0 Å². The predicted octanol–water partition coefficient (Wildman–Crippen LogP) is 1.19. The van der Waals surface area contributed by atoms with Crippen LogP contribution in [0.15, 0.2) is 30.7 Å². The molecular weight excluding hydrogens is 324 g/mol. The average molecular weight is 346 g/mol. The van der Waals surface area contributed by atoms with E-state index in [1.165, 1.54) is 5.69 Å². The summed E-state index contributed by atoms with van der Waals surface area (Å²) in [6.45, 7) is 4.83. The van der Waals surface area contributed by atoms with Crippen LogP contribution in [0.25, 0.3) is 10.9 Å². The average Bonchev–Trinajstić information content (AvgIpc) is 2.94. The summed E-state index contributed by atoms with van der Waals surface area (Å²) >= 11 is 0. The van der Waals surface area contributed by atoms with E-state index in [0.29, 0.717) is 17.4 Å². The number of rotatable bonds is 3. The van der Waals surface area contributed by atoms with Crippen molar-refractivity contribution in [2.24, 2.45) is 5.92 Å². The molecule has 2 aliphatic rings. The molecule has 2 aliphatic heterocycles. The van der Waals surface area contributed by atoms with Gasteiger partial charge in [0.25, 0.3) is 0 Å². The highest BCUT2D eigenvalue weighted by molar-refractivity contribution is 7.91. The van der Waals surface area contributed by atoms with Crippen LogP contribution in [0, 0.1) is 5.92 Å². The molecule has 1 aromatic heterocycles. The number of sulfone groups is 1. The number of benzene rings is 1. The Morgan fingerprint density at radius 1 is 1.17 bits per heavy atom. The van der Waals surface area contributed by atoms with Crippen LogP contribution in [0.4, 0.5) is 5.69 Å². The maximum Gasteiger partial charge on any atom is 0.150 e. The minimum Gasteiger partial charge on any atom is -0.369 e. The van der Waals surface area contributed by atoms with Gasteiger partial charge in [-0.05, 0) is 30.5 Å². The normalized spacial score (nSPS) is 24.5. The van der Waals surface area contributed by atoms with Gasteiger partial charge >= 0.3 is 0 Å². The highest BCUT2D eigenvalue weighted by Crippen LogP contribution is 2.23. The molecular formula is C17H22N4O2S. The first kappa shape index (κ1) is 15.8. The van der Waals surface area contributed by atoms with Crippen molar-refractivity contribution >= 4 is 26.4 Å². The van der Waals surface area contributed by atoms with Crippen LogP contribution in [-0.2, 0) is 9.84 Å². The minimum atomic E-state index is -2.77. The Morgan fingerprint density at radius 2 is 2.00 bits per heavy atom. The van der Waals surface area contributed by atoms with Crippen molar-refractivity contribution in [2.45, 2.75) is 6.42 Å². The Labute approximate surface area is 142 Å². The van der Waals surface area contributed by atoms with E-state index in [0.717, 1.165) is 50.0 Å². The third-order valence-electron chi connectivity index (χ3n) is 5.07. The van der Waals surface area contributed by atoms with Gasteiger partial charge in [-0.3, -0.25) is 4.90 Å². The fourth-order valence-electron chi connectivity index (χ4n) is 3.74. The first-order valence-electron chi connectivity index (χ1n) is 8.47. The molecule has 0 amide bonds. The lowest BCUT2D eigenvalue weighted by atomic mass is 10.1. The van der Waals surface area contributed by atoms with Crippen molar-refractivity contribution in [3.05, 3.63) is 30.7 Å². The van der Waals surface area contributed by atoms with Crippen LogP contribution in [0.3, 0.4) is 0 Å². The molecule has 7 heteroatoms. The third-order valence-corrected chi connectivity index (χ3v) is 6.91. The second kappa shape index (κ2) is 6.29. The van der Waals surface area contributed by atoms with E-state index in [4.69, 9.17) is 0 Å². The standard InChI is InChI=1S/C17H22N4O2S/c22-24(23)8-3-14(12-24)11-20-4-6-21(7-5-20)16-1-2-17-15(9-16)10-18-13-19-17/h1-2,9-10,13-14H,3-8,11-12H2. The number of hydrogen-bond acceptors (Lipinski definition) is 6. The van der Waals surface area contributed by atoms with Crippen LogP contribution < -0.4 is 4.90 Å². The molecule has 128 valence electrons. The Bertz CT molecular complexity index is 831. The van der Waals surface area contributed by atoms with Gasteiger partial charge in [-0.15, -0.1) is 0 Å². The smallest absolute Gasteiger partial charge is 0.150 e. The fraction of sp³-hybridized carbons (Fsp3) is 0.529. The van der Waals surface area contributed by atoms with Gasteiger partial charge in [-0.25, -0.2) is 18.4 Å². The van der Waals surface area contributed by atoms with Crippen LogP contribution >= 0.6 is 0 Å². The molecule has 24 heavy (non-hydrogen) atoms. The summed E-state index contributed by atoms with van der Waals surface area (Å²) < 4.78 is 23.2. The van der Waals surface area contributed by atoms with E-state index >= 15 is 0 Å². The molecule has 2 saturated heterocycles. The topological polar surface area (TPSA) is 66.4 Å². The zero-order valence-electron chi connectivity index (χ0n) is 13.6. The van der Waals surface area contributed by atoms with Gasteiger partial charge in [0.1, 0.15) is 6.33 Å². The molecule has 1 aromatic carbocycles. The van der Waals surface area contributed by atoms with Gasteiger partial charge < -0.3 is 4.90 Å². The fourth-order valence-corrected chi connectivity index (χ4v) is 5.59. The zero-order valence-corrected chi connectivity index (χ0v) is 14.5. The molecule has 1 atom stereocenters. The maximum absolute atomic E-state index is 11.6. The maximum atomic E-state index is 11.6. The van der Waals surface area contributed by atoms with E-state index in [-0.39, 0.29) is 0 Å². The number of piperazine rings is 1. The molecule has 1 unspecified atom stereocenters. The van der Waals surface area contributed by atoms with Crippen LogP contribution in [0.5, 0.6) is 0 Å². The molecule has 2 aromatic rings. The predicted molar refractivity (Wildman–Crippen MR) is 95.0 cm³/mol. The monoisotopic (exact) mass is 346 g/mol. The molecule has 0 saturated carbocycles. The lowest BCUT2D eigenvalue weighted by Crippen LogP contribution is -2.47. The summed E-state index contributed by atoms with van der Waals surface area (Å²) in [5.41, 5.74) is 2.18. The van der Waals surface area contributed by atoms with Crippen molar-refractivity contribution in [2.75, 3.05) is 49.1 Å². The van der Waals surface area contributed by atoms with Gasteiger partial charge in [-0.2, -0.15) is 0 Å². The number of aromatic nitrogens is 2. The van der Waals surface area contributed by atoms with Gasteiger partial charge in [-0.1, -0.05) is 0 Å². The largest absolute Gasteiger partial charge is 0.369 e. The molecule has 0 spiro atoms. The molecule has 0 N–H and O–H groups in total. The molecule has 0 aliphatic carbocycles. The van der Waals surface area contributed by atoms with Crippen molar-refractivity contribution in [1.82, 2.24) is 14.9 Å². The molecule has 6 nitrogen and oxygen atoms in total. The second-order valence-electron chi connectivity index (χ2n) is 6.82. The SMILES string of the molecule is O=S1(=O)CCC(CN2CCN(c3ccc4ncncc4c3)CC2)C1. The highest BCUT2D eigenvalue weighted by Gasteiger charge is 2.30. The van der Waals surface area contributed by atoms with Gasteiger partial charge in [0.15, 0.2) is 9.84 Å². The lowest BCUT2D eigenvalue weighted by molar-refractivity contribution is 0.227. The van der Waals surface area contributed by atoms with Gasteiger partial charge in [0.05, 0.1) is 17.0 Å². The summed E-state index contributed by atoms with van der Waals surface area (Å²) in [4.78, 5) is 13.1. The van der Waals surface area contributed by atoms with Gasteiger partial charge in [0, 0.05) is 50.0 Å². The minimum absolute atomic E-state index is 0.319. The van der Waals surface area contributed by atoms with E-state index in [1.807, 2.05) is 12.3 Å². The molecule has 4 rings (SSSR count). The van der Waals surface area contributed by atoms with E-state index in [1.54, 1.807) is 6.33 Å². The summed E-state index contributed by atoms with van der Waals surface area (Å²) in [7, 11) is -2.77. The van der Waals surface area contributed by atoms with Crippen molar-refractivity contribution < 1.29 is 8.42 Å². The second-order valence-corrected chi connectivity index (χ2v) is 9.05. The van der Waals surface area contributed by atoms with Crippen LogP contribution in [-0.4, -0.2) is 67.5 Å². The Morgan fingerprint density at radius 3 is 2.75 bits per heavy atom. The van der Waals surface area contributed by atoms with E-state index < -0.39 is 9.84 Å². The summed E-state index contributed by atoms with van der Waals surface area (Å²) in [6.07, 6.45) is 4.25. The summed E-state index contributed by atoms with van der Waals surface area (Å²) in [5.74, 6) is 1.06. The van der Waals surface area contributed by atoms with Crippen molar-refractivity contribution in [1.29, 1.82) is 0 Å². The first-order chi connectivity index (χ1) is 11.6. The Hall–Kier alpha value is -1.73. The Balaban J connectivity index is 1.37. The zero-order chi connectivity index (χ0) is 16.6. The lowest BCUT2D eigenvalue weighted by Gasteiger charge is -2.37. The molecule has 0 radical (unpaired) electrons. The summed E-state index contributed by atoms with van der Waals surface area (Å²) in [6, 6.07) is 6.31. The number of nitrogens with zero attached hydrogens (tertiary/aromatic N) is 4. The highest BCUT2D eigenvalue weighted by atomic mass is 32.2. The number of fused-ring (bicyclic) bond motifs is 1. The van der Waals surface area contributed by atoms with Gasteiger partial charge in [0.2, 0.25) is 0 Å². The summed E-state index contributed by atoms with van der Waals surface area (Å²) in [5, 5.41) is 1.06. The number of hydrogen-bond donors (Lipinski definition) is 0. The quantitative estimate of drug-likeness (QED) is 0.832. The Kier molecular flexibility index (Phi) is 4.14. The first-order valence-corrected chi connectivity index (χ1v) is 10.3. The molecule has 2 fully saturated rings. The third kappa shape index (κ3) is 3.37. The number of anilines is 1.